The lowest BCUT2D eigenvalue weighted by atomic mass is 10.4. The van der Waals surface area contributed by atoms with Gasteiger partial charge in [-0.05, 0) is 6.07 Å². The molecule has 0 amide bonds. The van der Waals surface area contributed by atoms with E-state index in [0.717, 1.165) is 6.20 Å². The summed E-state index contributed by atoms with van der Waals surface area (Å²) in [6, 6.07) is 2.76. The SMILES string of the molecule is O=[N+]([O-])c1cnc(Nc2cnn(-c3ncc(Cl)cc3Cl)c2)c(Cl)c1. The average Bonchev–Trinajstić information content (AvgIpc) is 2.97. The Morgan fingerprint density at radius 3 is 2.54 bits per heavy atom. The molecule has 3 rings (SSSR count). The van der Waals surface area contributed by atoms with E-state index in [1.54, 1.807) is 12.3 Å². The molecule has 0 aromatic carbocycles. The fourth-order valence-corrected chi connectivity index (χ4v) is 2.51. The zero-order valence-electron chi connectivity index (χ0n) is 11.7. The Bertz CT molecular complexity index is 930. The van der Waals surface area contributed by atoms with Crippen LogP contribution in [0.15, 0.2) is 36.9 Å². The van der Waals surface area contributed by atoms with Gasteiger partial charge in [0.15, 0.2) is 5.82 Å². The van der Waals surface area contributed by atoms with Gasteiger partial charge < -0.3 is 5.32 Å². The van der Waals surface area contributed by atoms with Crippen molar-refractivity contribution >= 4 is 52.0 Å². The second-order valence-electron chi connectivity index (χ2n) is 4.54. The molecule has 0 saturated carbocycles. The number of aromatic nitrogens is 4. The highest BCUT2D eigenvalue weighted by Crippen LogP contribution is 2.27. The van der Waals surface area contributed by atoms with Crippen molar-refractivity contribution in [1.29, 1.82) is 0 Å². The largest absolute Gasteiger partial charge is 0.336 e. The van der Waals surface area contributed by atoms with Gasteiger partial charge in [-0.2, -0.15) is 5.10 Å². The summed E-state index contributed by atoms with van der Waals surface area (Å²) >= 11 is 17.9. The van der Waals surface area contributed by atoms with Crippen LogP contribution in [0.3, 0.4) is 0 Å². The molecule has 0 unspecified atom stereocenters. The lowest BCUT2D eigenvalue weighted by molar-refractivity contribution is -0.385. The normalized spacial score (nSPS) is 10.6. The third kappa shape index (κ3) is 3.40. The highest BCUT2D eigenvalue weighted by molar-refractivity contribution is 6.35. The number of nitro groups is 1. The molecule has 3 aromatic heterocycles. The summed E-state index contributed by atoms with van der Waals surface area (Å²) in [5.74, 6) is 0.661. The predicted molar refractivity (Wildman–Crippen MR) is 90.6 cm³/mol. The fraction of sp³-hybridized carbons (Fsp3) is 0. The van der Waals surface area contributed by atoms with Crippen molar-refractivity contribution in [2.24, 2.45) is 0 Å². The first-order valence-corrected chi connectivity index (χ1v) is 7.50. The summed E-state index contributed by atoms with van der Waals surface area (Å²) in [6.07, 6.45) is 5.68. The van der Waals surface area contributed by atoms with Gasteiger partial charge in [-0.15, -0.1) is 0 Å². The number of hydrogen-bond acceptors (Lipinski definition) is 6. The molecule has 0 radical (unpaired) electrons. The minimum absolute atomic E-state index is 0.111. The summed E-state index contributed by atoms with van der Waals surface area (Å²) in [5.41, 5.74) is 0.351. The van der Waals surface area contributed by atoms with Crippen LogP contribution in [0.4, 0.5) is 17.2 Å². The van der Waals surface area contributed by atoms with E-state index < -0.39 is 4.92 Å². The molecule has 0 aliphatic rings. The number of halogens is 3. The molecule has 122 valence electrons. The first kappa shape index (κ1) is 16.4. The molecule has 0 bridgehead atoms. The number of pyridine rings is 2. The third-order valence-corrected chi connectivity index (χ3v) is 3.66. The van der Waals surface area contributed by atoms with Crippen molar-refractivity contribution in [3.63, 3.8) is 0 Å². The number of anilines is 2. The van der Waals surface area contributed by atoms with Gasteiger partial charge in [0.05, 0.1) is 38.1 Å². The van der Waals surface area contributed by atoms with E-state index >= 15 is 0 Å². The lowest BCUT2D eigenvalue weighted by Crippen LogP contribution is -1.99. The minimum atomic E-state index is -0.575. The van der Waals surface area contributed by atoms with Gasteiger partial charge >= 0.3 is 0 Å². The van der Waals surface area contributed by atoms with Gasteiger partial charge in [-0.3, -0.25) is 10.1 Å². The van der Waals surface area contributed by atoms with E-state index in [4.69, 9.17) is 34.8 Å². The van der Waals surface area contributed by atoms with Crippen LogP contribution >= 0.6 is 34.8 Å². The molecule has 0 atom stereocenters. The fourth-order valence-electron chi connectivity index (χ4n) is 1.84. The molecule has 1 N–H and O–H groups in total. The number of rotatable bonds is 4. The van der Waals surface area contributed by atoms with Gasteiger partial charge in [0.1, 0.15) is 12.0 Å². The van der Waals surface area contributed by atoms with Crippen LogP contribution in [0, 0.1) is 10.1 Å². The van der Waals surface area contributed by atoms with Crippen molar-refractivity contribution in [3.8, 4) is 5.82 Å². The van der Waals surface area contributed by atoms with Crippen LogP contribution in [0.5, 0.6) is 0 Å². The Hall–Kier alpha value is -2.42. The lowest BCUT2D eigenvalue weighted by Gasteiger charge is -2.05. The molecular formula is C13H7Cl3N6O2. The Balaban J connectivity index is 1.85. The molecule has 24 heavy (non-hydrogen) atoms. The van der Waals surface area contributed by atoms with E-state index in [-0.39, 0.29) is 16.5 Å². The second kappa shape index (κ2) is 6.60. The molecule has 0 aliphatic heterocycles. The number of nitrogens with one attached hydrogen (secondary N) is 1. The first-order chi connectivity index (χ1) is 11.4. The monoisotopic (exact) mass is 384 g/mol. The predicted octanol–water partition coefficient (Wildman–Crippen LogP) is 4.27. The molecule has 0 fully saturated rings. The molecular weight excluding hydrogens is 379 g/mol. The van der Waals surface area contributed by atoms with Crippen LogP contribution in [0.1, 0.15) is 0 Å². The van der Waals surface area contributed by atoms with Crippen LogP contribution < -0.4 is 5.32 Å². The summed E-state index contributed by atoms with van der Waals surface area (Å²) in [5, 5.41) is 18.6. The third-order valence-electron chi connectivity index (χ3n) is 2.89. The van der Waals surface area contributed by atoms with Crippen LogP contribution in [-0.2, 0) is 0 Å². The first-order valence-electron chi connectivity index (χ1n) is 6.37. The maximum atomic E-state index is 10.7. The van der Waals surface area contributed by atoms with Gasteiger partial charge in [0.2, 0.25) is 0 Å². The Kier molecular flexibility index (Phi) is 4.52. The molecule has 8 nitrogen and oxygen atoms in total. The van der Waals surface area contributed by atoms with E-state index in [2.05, 4.69) is 20.4 Å². The highest BCUT2D eigenvalue weighted by atomic mass is 35.5. The van der Waals surface area contributed by atoms with Crippen LogP contribution in [-0.4, -0.2) is 24.7 Å². The van der Waals surface area contributed by atoms with Crippen LogP contribution in [0.25, 0.3) is 5.82 Å². The van der Waals surface area contributed by atoms with E-state index in [1.807, 2.05) is 0 Å². The molecule has 0 spiro atoms. The molecule has 0 aliphatic carbocycles. The van der Waals surface area contributed by atoms with Crippen molar-refractivity contribution in [3.05, 3.63) is 62.1 Å². The van der Waals surface area contributed by atoms with Gasteiger partial charge in [0, 0.05) is 12.3 Å². The van der Waals surface area contributed by atoms with Gasteiger partial charge in [-0.25, -0.2) is 14.6 Å². The highest BCUT2D eigenvalue weighted by Gasteiger charge is 2.13. The minimum Gasteiger partial charge on any atom is -0.336 e. The summed E-state index contributed by atoms with van der Waals surface area (Å²) in [7, 11) is 0. The smallest absolute Gasteiger partial charge is 0.289 e. The Morgan fingerprint density at radius 1 is 1.08 bits per heavy atom. The Morgan fingerprint density at radius 2 is 1.88 bits per heavy atom. The average molecular weight is 386 g/mol. The van der Waals surface area contributed by atoms with E-state index in [0.29, 0.717) is 21.6 Å². The molecule has 3 heterocycles. The van der Waals surface area contributed by atoms with Gasteiger partial charge in [-0.1, -0.05) is 34.8 Å². The van der Waals surface area contributed by atoms with Gasteiger partial charge in [0.25, 0.3) is 5.69 Å². The Labute approximate surface area is 150 Å². The number of hydrogen-bond donors (Lipinski definition) is 1. The molecule has 3 aromatic rings. The van der Waals surface area contributed by atoms with Crippen LogP contribution in [0.2, 0.25) is 15.1 Å². The van der Waals surface area contributed by atoms with E-state index in [1.165, 1.54) is 23.1 Å². The van der Waals surface area contributed by atoms with Crippen molar-refractivity contribution in [1.82, 2.24) is 19.7 Å². The summed E-state index contributed by atoms with van der Waals surface area (Å²) in [4.78, 5) is 18.1. The summed E-state index contributed by atoms with van der Waals surface area (Å²) < 4.78 is 1.44. The molecule has 0 saturated heterocycles. The second-order valence-corrected chi connectivity index (χ2v) is 5.79. The standard InChI is InChI=1S/C13H7Cl3N6O2/c14-7-1-11(16)13(18-3-7)21-6-8(4-19-21)20-12-10(15)2-9(5-17-12)22(23)24/h1-6H,(H,17,20). The zero-order chi connectivity index (χ0) is 17.3. The maximum Gasteiger partial charge on any atom is 0.289 e. The molecule has 11 heteroatoms. The maximum absolute atomic E-state index is 10.7. The quantitative estimate of drug-likeness (QED) is 0.532. The summed E-state index contributed by atoms with van der Waals surface area (Å²) in [6.45, 7) is 0. The number of nitrogens with zero attached hydrogens (tertiary/aromatic N) is 5. The van der Waals surface area contributed by atoms with E-state index in [9.17, 15) is 10.1 Å². The van der Waals surface area contributed by atoms with Crippen molar-refractivity contribution in [2.75, 3.05) is 5.32 Å². The topological polar surface area (TPSA) is 98.8 Å². The zero-order valence-corrected chi connectivity index (χ0v) is 13.9. The van der Waals surface area contributed by atoms with Crippen molar-refractivity contribution in [2.45, 2.75) is 0 Å². The van der Waals surface area contributed by atoms with Crippen molar-refractivity contribution < 1.29 is 4.92 Å².